The lowest BCUT2D eigenvalue weighted by atomic mass is 9.90. The van der Waals surface area contributed by atoms with Crippen molar-refractivity contribution in [2.24, 2.45) is 0 Å². The highest BCUT2D eigenvalue weighted by molar-refractivity contribution is 6.25. The summed E-state index contributed by atoms with van der Waals surface area (Å²) >= 11 is 0. The van der Waals surface area contributed by atoms with Crippen LogP contribution in [-0.2, 0) is 9.59 Å². The molecule has 2 aliphatic carbocycles. The normalized spacial score (nSPS) is 24.3. The average molecular weight is 178 g/mol. The molecule has 0 bridgehead atoms. The fraction of sp³-hybridized carbons (Fsp3) is 0.636. The molecule has 70 valence electrons. The molecule has 0 aromatic carbocycles. The first kappa shape index (κ1) is 8.67. The molecule has 2 nitrogen and oxygen atoms in total. The Hall–Kier alpha value is -0.920. The molecule has 0 heterocycles. The number of ketones is 2. The molecule has 13 heavy (non-hydrogen) atoms. The SMILES string of the molecule is O=C1CCC(=O)C1=C1CCCCC1. The van der Waals surface area contributed by atoms with E-state index in [0.717, 1.165) is 31.3 Å². The molecule has 2 heteroatoms. The summed E-state index contributed by atoms with van der Waals surface area (Å²) in [4.78, 5) is 22.8. The van der Waals surface area contributed by atoms with E-state index in [1.54, 1.807) is 0 Å². The van der Waals surface area contributed by atoms with Gasteiger partial charge in [-0.05, 0) is 25.7 Å². The molecule has 0 amide bonds. The molecule has 0 aromatic heterocycles. The molecule has 0 N–H and O–H groups in total. The smallest absolute Gasteiger partial charge is 0.166 e. The van der Waals surface area contributed by atoms with Gasteiger partial charge in [0.2, 0.25) is 0 Å². The highest BCUT2D eigenvalue weighted by Crippen LogP contribution is 2.30. The number of hydrogen-bond acceptors (Lipinski definition) is 2. The minimum Gasteiger partial charge on any atom is -0.294 e. The van der Waals surface area contributed by atoms with Gasteiger partial charge in [0.15, 0.2) is 11.6 Å². The molecule has 0 saturated heterocycles. The van der Waals surface area contributed by atoms with Crippen molar-refractivity contribution in [3.63, 3.8) is 0 Å². The van der Waals surface area contributed by atoms with Gasteiger partial charge in [-0.15, -0.1) is 0 Å². The van der Waals surface area contributed by atoms with Gasteiger partial charge >= 0.3 is 0 Å². The van der Waals surface area contributed by atoms with Crippen LogP contribution in [0.5, 0.6) is 0 Å². The Bertz CT molecular complexity index is 260. The minimum absolute atomic E-state index is 0.0990. The molecular weight excluding hydrogens is 164 g/mol. The third kappa shape index (κ3) is 1.58. The van der Waals surface area contributed by atoms with Crippen LogP contribution in [0.25, 0.3) is 0 Å². The molecule has 0 atom stereocenters. The molecule has 0 aromatic rings. The zero-order valence-corrected chi connectivity index (χ0v) is 7.77. The number of Topliss-reactive ketones (excluding diaryl/α,β-unsaturated/α-hetero) is 2. The predicted octanol–water partition coefficient (Wildman–Crippen LogP) is 2.18. The van der Waals surface area contributed by atoms with Gasteiger partial charge in [-0.2, -0.15) is 0 Å². The fourth-order valence-electron chi connectivity index (χ4n) is 2.26. The second-order valence-corrected chi connectivity index (χ2v) is 3.89. The molecular formula is C11H14O2. The Morgan fingerprint density at radius 1 is 0.692 bits per heavy atom. The van der Waals surface area contributed by atoms with E-state index in [4.69, 9.17) is 0 Å². The van der Waals surface area contributed by atoms with Gasteiger partial charge in [0.25, 0.3) is 0 Å². The molecule has 2 fully saturated rings. The third-order valence-electron chi connectivity index (χ3n) is 2.95. The van der Waals surface area contributed by atoms with Crippen molar-refractivity contribution >= 4 is 11.6 Å². The van der Waals surface area contributed by atoms with Crippen LogP contribution in [0.15, 0.2) is 11.1 Å². The largest absolute Gasteiger partial charge is 0.294 e. The first-order valence-electron chi connectivity index (χ1n) is 5.07. The Labute approximate surface area is 78.0 Å². The van der Waals surface area contributed by atoms with Crippen molar-refractivity contribution < 1.29 is 9.59 Å². The van der Waals surface area contributed by atoms with Gasteiger partial charge < -0.3 is 0 Å². The Kier molecular flexibility index (Phi) is 2.30. The highest BCUT2D eigenvalue weighted by Gasteiger charge is 2.29. The molecule has 0 unspecified atom stereocenters. The maximum Gasteiger partial charge on any atom is 0.166 e. The molecule has 2 rings (SSSR count). The van der Waals surface area contributed by atoms with Crippen molar-refractivity contribution in [3.8, 4) is 0 Å². The maximum atomic E-state index is 11.4. The Morgan fingerprint density at radius 2 is 1.23 bits per heavy atom. The van der Waals surface area contributed by atoms with E-state index < -0.39 is 0 Å². The Balaban J connectivity index is 2.28. The van der Waals surface area contributed by atoms with Gasteiger partial charge in [-0.3, -0.25) is 9.59 Å². The van der Waals surface area contributed by atoms with Crippen LogP contribution in [0.1, 0.15) is 44.9 Å². The summed E-state index contributed by atoms with van der Waals surface area (Å²) in [6.07, 6.45) is 6.42. The van der Waals surface area contributed by atoms with Crippen LogP contribution in [0.4, 0.5) is 0 Å². The average Bonchev–Trinajstić information content (AvgIpc) is 2.48. The van der Waals surface area contributed by atoms with Crippen LogP contribution in [-0.4, -0.2) is 11.6 Å². The summed E-state index contributed by atoms with van der Waals surface area (Å²) in [5.74, 6) is 0.198. The molecule has 2 saturated carbocycles. The van der Waals surface area contributed by atoms with E-state index >= 15 is 0 Å². The van der Waals surface area contributed by atoms with E-state index in [0.29, 0.717) is 18.4 Å². The summed E-state index contributed by atoms with van der Waals surface area (Å²) in [5.41, 5.74) is 1.73. The first-order chi connectivity index (χ1) is 6.29. The van der Waals surface area contributed by atoms with Gasteiger partial charge in [-0.1, -0.05) is 12.0 Å². The number of hydrogen-bond donors (Lipinski definition) is 0. The second-order valence-electron chi connectivity index (χ2n) is 3.89. The van der Waals surface area contributed by atoms with Crippen molar-refractivity contribution in [1.29, 1.82) is 0 Å². The van der Waals surface area contributed by atoms with Crippen LogP contribution in [0, 0.1) is 0 Å². The minimum atomic E-state index is 0.0990. The van der Waals surface area contributed by atoms with Crippen LogP contribution in [0.2, 0.25) is 0 Å². The van der Waals surface area contributed by atoms with E-state index in [1.807, 2.05) is 0 Å². The van der Waals surface area contributed by atoms with Gasteiger partial charge in [0, 0.05) is 12.8 Å². The zero-order chi connectivity index (χ0) is 9.26. The maximum absolute atomic E-state index is 11.4. The van der Waals surface area contributed by atoms with Gasteiger partial charge in [-0.25, -0.2) is 0 Å². The summed E-state index contributed by atoms with van der Waals surface area (Å²) in [7, 11) is 0. The van der Waals surface area contributed by atoms with Crippen LogP contribution < -0.4 is 0 Å². The predicted molar refractivity (Wildman–Crippen MR) is 49.4 cm³/mol. The summed E-state index contributed by atoms with van der Waals surface area (Å²) in [6, 6.07) is 0. The van der Waals surface area contributed by atoms with Crippen molar-refractivity contribution in [3.05, 3.63) is 11.1 Å². The van der Waals surface area contributed by atoms with Gasteiger partial charge in [0.05, 0.1) is 5.57 Å². The zero-order valence-electron chi connectivity index (χ0n) is 7.77. The number of rotatable bonds is 0. The number of allylic oxidation sites excluding steroid dienone is 2. The molecule has 2 aliphatic rings. The third-order valence-corrected chi connectivity index (χ3v) is 2.95. The number of carbonyl (C=O) groups is 2. The van der Waals surface area contributed by atoms with E-state index in [1.165, 1.54) is 6.42 Å². The number of carbonyl (C=O) groups excluding carboxylic acids is 2. The highest BCUT2D eigenvalue weighted by atomic mass is 16.2. The van der Waals surface area contributed by atoms with Crippen LogP contribution in [0.3, 0.4) is 0 Å². The van der Waals surface area contributed by atoms with Gasteiger partial charge in [0.1, 0.15) is 0 Å². The molecule has 0 aliphatic heterocycles. The second kappa shape index (κ2) is 3.44. The van der Waals surface area contributed by atoms with E-state index in [-0.39, 0.29) is 11.6 Å². The summed E-state index contributed by atoms with van der Waals surface area (Å²) in [5, 5.41) is 0. The summed E-state index contributed by atoms with van der Waals surface area (Å²) < 4.78 is 0. The topological polar surface area (TPSA) is 34.1 Å². The van der Waals surface area contributed by atoms with E-state index in [2.05, 4.69) is 0 Å². The Morgan fingerprint density at radius 3 is 1.77 bits per heavy atom. The quantitative estimate of drug-likeness (QED) is 0.421. The molecule has 0 spiro atoms. The lowest BCUT2D eigenvalue weighted by Crippen LogP contribution is -2.07. The van der Waals surface area contributed by atoms with Crippen molar-refractivity contribution in [2.75, 3.05) is 0 Å². The van der Waals surface area contributed by atoms with Crippen LogP contribution >= 0.6 is 0 Å². The molecule has 0 radical (unpaired) electrons. The first-order valence-corrected chi connectivity index (χ1v) is 5.07. The van der Waals surface area contributed by atoms with Crippen molar-refractivity contribution in [2.45, 2.75) is 44.9 Å². The van der Waals surface area contributed by atoms with E-state index in [9.17, 15) is 9.59 Å². The standard InChI is InChI=1S/C11H14O2/c12-9-6-7-10(13)11(9)8-4-2-1-3-5-8/h1-7H2. The lowest BCUT2D eigenvalue weighted by molar-refractivity contribution is -0.116. The van der Waals surface area contributed by atoms with Crippen molar-refractivity contribution in [1.82, 2.24) is 0 Å². The summed E-state index contributed by atoms with van der Waals surface area (Å²) in [6.45, 7) is 0. The lowest BCUT2D eigenvalue weighted by Gasteiger charge is -2.15. The fourth-order valence-corrected chi connectivity index (χ4v) is 2.26. The monoisotopic (exact) mass is 178 g/mol.